The smallest absolute Gasteiger partial charge is 0.107 e. The third-order valence-corrected chi connectivity index (χ3v) is 5.00. The molecule has 0 bridgehead atoms. The number of nitrogens with two attached hydrogens (primary N) is 1. The summed E-state index contributed by atoms with van der Waals surface area (Å²) in [5.41, 5.74) is 5.64. The van der Waals surface area contributed by atoms with Crippen LogP contribution in [-0.4, -0.2) is 55.6 Å². The summed E-state index contributed by atoms with van der Waals surface area (Å²) >= 11 is 0. The average molecular weight is 264 g/mol. The van der Waals surface area contributed by atoms with E-state index in [1.807, 2.05) is 0 Å². The maximum Gasteiger partial charge on any atom is 0.107 e. The molecule has 0 amide bonds. The van der Waals surface area contributed by atoms with E-state index in [1.165, 1.54) is 26.1 Å². The summed E-state index contributed by atoms with van der Waals surface area (Å²) in [7, 11) is 4.41. The Morgan fingerprint density at radius 1 is 1.47 bits per heavy atom. The Morgan fingerprint density at radius 3 is 2.89 bits per heavy atom. The van der Waals surface area contributed by atoms with Crippen molar-refractivity contribution in [2.75, 3.05) is 40.3 Å². The number of hydrogen-bond acceptors (Lipinski definition) is 4. The van der Waals surface area contributed by atoms with E-state index in [4.69, 9.17) is 5.73 Å². The van der Waals surface area contributed by atoms with Crippen LogP contribution in [0.1, 0.15) is 32.1 Å². The highest BCUT2D eigenvalue weighted by Gasteiger charge is 2.39. The Balaban J connectivity index is 1.72. The molecule has 0 radical (unpaired) electrons. The summed E-state index contributed by atoms with van der Waals surface area (Å²) in [6.07, 6.45) is 5.52. The second-order valence-electron chi connectivity index (χ2n) is 6.71. The first kappa shape index (κ1) is 14.8. The summed E-state index contributed by atoms with van der Waals surface area (Å²) in [5.74, 6) is 1.21. The van der Waals surface area contributed by atoms with Gasteiger partial charge < -0.3 is 15.5 Å². The van der Waals surface area contributed by atoms with Gasteiger partial charge in [-0.05, 0) is 64.7 Å². The van der Waals surface area contributed by atoms with Crippen LogP contribution in [0.5, 0.6) is 0 Å². The maximum absolute atomic E-state index is 9.23. The lowest BCUT2D eigenvalue weighted by molar-refractivity contribution is 0.241. The molecule has 1 saturated heterocycles. The van der Waals surface area contributed by atoms with E-state index in [9.17, 15) is 5.26 Å². The number of hydrogen-bond donors (Lipinski definition) is 1. The molecule has 1 saturated carbocycles. The summed E-state index contributed by atoms with van der Waals surface area (Å²) in [5, 5.41) is 9.23. The fourth-order valence-corrected chi connectivity index (χ4v) is 3.74. The summed E-state index contributed by atoms with van der Waals surface area (Å²) in [6.45, 7) is 4.72. The molecular formula is C15H28N4. The molecule has 1 aliphatic carbocycles. The zero-order valence-corrected chi connectivity index (χ0v) is 12.4. The van der Waals surface area contributed by atoms with Gasteiger partial charge in [0.05, 0.1) is 6.07 Å². The lowest BCUT2D eigenvalue weighted by Crippen LogP contribution is -2.43. The monoisotopic (exact) mass is 264 g/mol. The molecule has 0 aromatic carbocycles. The van der Waals surface area contributed by atoms with Crippen LogP contribution in [0.4, 0.5) is 0 Å². The van der Waals surface area contributed by atoms with Gasteiger partial charge in [0, 0.05) is 13.1 Å². The molecule has 4 heteroatoms. The van der Waals surface area contributed by atoms with Crippen molar-refractivity contribution in [3.63, 3.8) is 0 Å². The molecule has 108 valence electrons. The van der Waals surface area contributed by atoms with Gasteiger partial charge in [0.25, 0.3) is 0 Å². The zero-order chi connectivity index (χ0) is 13.9. The van der Waals surface area contributed by atoms with Crippen molar-refractivity contribution in [2.45, 2.75) is 37.6 Å². The van der Waals surface area contributed by atoms with E-state index in [0.717, 1.165) is 38.1 Å². The number of nitrogens with zero attached hydrogens (tertiary/aromatic N) is 3. The van der Waals surface area contributed by atoms with Gasteiger partial charge in [-0.3, -0.25) is 0 Å². The Hall–Kier alpha value is -0.630. The van der Waals surface area contributed by atoms with Crippen molar-refractivity contribution >= 4 is 0 Å². The Kier molecular flexibility index (Phi) is 4.83. The van der Waals surface area contributed by atoms with E-state index in [1.54, 1.807) is 0 Å². The van der Waals surface area contributed by atoms with Crippen molar-refractivity contribution in [3.8, 4) is 6.07 Å². The van der Waals surface area contributed by atoms with E-state index in [0.29, 0.717) is 5.92 Å². The van der Waals surface area contributed by atoms with Gasteiger partial charge in [-0.1, -0.05) is 6.42 Å². The Bertz CT molecular complexity index is 338. The summed E-state index contributed by atoms with van der Waals surface area (Å²) in [4.78, 5) is 4.84. The van der Waals surface area contributed by atoms with Crippen molar-refractivity contribution < 1.29 is 0 Å². The predicted molar refractivity (Wildman–Crippen MR) is 77.6 cm³/mol. The molecule has 2 fully saturated rings. The van der Waals surface area contributed by atoms with E-state index in [-0.39, 0.29) is 0 Å². The third kappa shape index (κ3) is 3.68. The molecule has 0 aromatic heterocycles. The number of likely N-dealkylation sites (tertiary alicyclic amines) is 1. The molecule has 3 unspecified atom stereocenters. The molecule has 1 heterocycles. The molecule has 2 aliphatic rings. The standard InChI is InChI=1S/C15H28N4/c1-18-8-5-13(10-18)11-19(2)9-6-14-4-3-7-15(14,17)12-16/h13-14H,3-11,17H2,1-2H3. The van der Waals surface area contributed by atoms with E-state index >= 15 is 0 Å². The van der Waals surface area contributed by atoms with Crippen LogP contribution in [0.3, 0.4) is 0 Å². The molecule has 3 atom stereocenters. The third-order valence-electron chi connectivity index (χ3n) is 5.00. The summed E-state index contributed by atoms with van der Waals surface area (Å²) < 4.78 is 0. The zero-order valence-electron chi connectivity index (χ0n) is 12.4. The Labute approximate surface area is 117 Å². The summed E-state index contributed by atoms with van der Waals surface area (Å²) in [6, 6.07) is 2.35. The average Bonchev–Trinajstić information content (AvgIpc) is 2.94. The van der Waals surface area contributed by atoms with Gasteiger partial charge >= 0.3 is 0 Å². The van der Waals surface area contributed by atoms with Crippen molar-refractivity contribution in [1.29, 1.82) is 5.26 Å². The number of rotatable bonds is 5. The molecule has 19 heavy (non-hydrogen) atoms. The first-order chi connectivity index (χ1) is 9.03. The first-order valence-electron chi connectivity index (χ1n) is 7.61. The van der Waals surface area contributed by atoms with Crippen LogP contribution in [0.2, 0.25) is 0 Å². The quantitative estimate of drug-likeness (QED) is 0.813. The second-order valence-corrected chi connectivity index (χ2v) is 6.71. The van der Waals surface area contributed by atoms with Gasteiger partial charge in [-0.2, -0.15) is 5.26 Å². The van der Waals surface area contributed by atoms with Crippen molar-refractivity contribution in [3.05, 3.63) is 0 Å². The fourth-order valence-electron chi connectivity index (χ4n) is 3.74. The van der Waals surface area contributed by atoms with Crippen LogP contribution >= 0.6 is 0 Å². The number of nitriles is 1. The van der Waals surface area contributed by atoms with Gasteiger partial charge in [-0.25, -0.2) is 0 Å². The lowest BCUT2D eigenvalue weighted by Gasteiger charge is -2.27. The highest BCUT2D eigenvalue weighted by atomic mass is 15.1. The van der Waals surface area contributed by atoms with Crippen LogP contribution in [0, 0.1) is 23.2 Å². The fraction of sp³-hybridized carbons (Fsp3) is 0.933. The van der Waals surface area contributed by atoms with Gasteiger partial charge in [0.2, 0.25) is 0 Å². The molecule has 0 aromatic rings. The van der Waals surface area contributed by atoms with Crippen molar-refractivity contribution in [2.24, 2.45) is 17.6 Å². The SMILES string of the molecule is CN1CCC(CN(C)CCC2CCCC2(N)C#N)C1. The van der Waals surface area contributed by atoms with Gasteiger partial charge in [0.15, 0.2) is 0 Å². The van der Waals surface area contributed by atoms with Crippen molar-refractivity contribution in [1.82, 2.24) is 9.80 Å². The molecule has 2 N–H and O–H groups in total. The molecule has 0 spiro atoms. The highest BCUT2D eigenvalue weighted by molar-refractivity contribution is 5.11. The largest absolute Gasteiger partial charge is 0.313 e. The maximum atomic E-state index is 9.23. The molecule has 4 nitrogen and oxygen atoms in total. The minimum Gasteiger partial charge on any atom is -0.313 e. The van der Waals surface area contributed by atoms with Crippen LogP contribution in [0.25, 0.3) is 0 Å². The van der Waals surface area contributed by atoms with E-state index in [2.05, 4.69) is 30.0 Å². The van der Waals surface area contributed by atoms with E-state index < -0.39 is 5.54 Å². The predicted octanol–water partition coefficient (Wildman–Crippen LogP) is 1.28. The molecule has 1 aliphatic heterocycles. The second kappa shape index (κ2) is 6.21. The van der Waals surface area contributed by atoms with Crippen LogP contribution < -0.4 is 5.73 Å². The first-order valence-corrected chi connectivity index (χ1v) is 7.61. The van der Waals surface area contributed by atoms with Crippen LogP contribution in [-0.2, 0) is 0 Å². The normalized spacial score (nSPS) is 35.9. The Morgan fingerprint density at radius 2 is 2.26 bits per heavy atom. The minimum atomic E-state index is -0.547. The lowest BCUT2D eigenvalue weighted by atomic mass is 9.87. The van der Waals surface area contributed by atoms with Crippen LogP contribution in [0.15, 0.2) is 0 Å². The van der Waals surface area contributed by atoms with Gasteiger partial charge in [0.1, 0.15) is 5.54 Å². The molecule has 2 rings (SSSR count). The van der Waals surface area contributed by atoms with Gasteiger partial charge in [-0.15, -0.1) is 0 Å². The minimum absolute atomic E-state index is 0.395. The topological polar surface area (TPSA) is 56.3 Å². The highest BCUT2D eigenvalue weighted by Crippen LogP contribution is 2.35. The molecular weight excluding hydrogens is 236 g/mol.